The smallest absolute Gasteiger partial charge is 0.313 e. The van der Waals surface area contributed by atoms with E-state index in [1.165, 1.54) is 0 Å². The summed E-state index contributed by atoms with van der Waals surface area (Å²) in [5.41, 5.74) is 4.67. The number of hydrogen-bond acceptors (Lipinski definition) is 6. The van der Waals surface area contributed by atoms with Crippen molar-refractivity contribution in [2.24, 2.45) is 0 Å². The average Bonchev–Trinajstić information content (AvgIpc) is 3.40. The summed E-state index contributed by atoms with van der Waals surface area (Å²) in [6, 6.07) is 20.6. The molecule has 11 heteroatoms. The second kappa shape index (κ2) is 9.09. The van der Waals surface area contributed by atoms with Gasteiger partial charge in [0, 0.05) is 21.1 Å². The average molecular weight is 535 g/mol. The molecule has 0 unspecified atom stereocenters. The zero-order chi connectivity index (χ0) is 24.8. The molecule has 0 radical (unpaired) electrons. The third-order valence-corrected chi connectivity index (χ3v) is 7.12. The minimum absolute atomic E-state index is 0.142. The van der Waals surface area contributed by atoms with Gasteiger partial charge >= 0.3 is 5.97 Å². The Morgan fingerprint density at radius 3 is 2.39 bits per heavy atom. The van der Waals surface area contributed by atoms with Gasteiger partial charge in [0.2, 0.25) is 0 Å². The number of aliphatic carboxylic acids is 1. The number of para-hydroxylation sites is 2. The quantitative estimate of drug-likeness (QED) is 0.267. The van der Waals surface area contributed by atoms with Crippen LogP contribution >= 0.6 is 35.0 Å². The minimum atomic E-state index is -0.936. The Morgan fingerprint density at radius 1 is 0.917 bits per heavy atom. The van der Waals surface area contributed by atoms with Gasteiger partial charge in [-0.25, -0.2) is 9.97 Å². The molecule has 0 bridgehead atoms. The molecule has 0 aliphatic heterocycles. The first-order valence-electron chi connectivity index (χ1n) is 10.9. The normalized spacial score (nSPS) is 11.6. The van der Waals surface area contributed by atoms with Gasteiger partial charge in [0.25, 0.3) is 0 Å². The van der Waals surface area contributed by atoms with Crippen LogP contribution < -0.4 is 0 Å². The van der Waals surface area contributed by atoms with Crippen molar-refractivity contribution in [3.8, 4) is 5.69 Å². The van der Waals surface area contributed by atoms with Gasteiger partial charge in [-0.1, -0.05) is 47.1 Å². The lowest BCUT2D eigenvalue weighted by Crippen LogP contribution is -2.09. The highest BCUT2D eigenvalue weighted by Crippen LogP contribution is 2.32. The van der Waals surface area contributed by atoms with Crippen molar-refractivity contribution in [1.29, 1.82) is 0 Å². The summed E-state index contributed by atoms with van der Waals surface area (Å²) in [6.45, 7) is 0.317. The number of carboxylic acids is 1. The van der Waals surface area contributed by atoms with Gasteiger partial charge in [0.15, 0.2) is 16.6 Å². The molecule has 0 aliphatic carbocycles. The Kier molecular flexibility index (Phi) is 5.75. The lowest BCUT2D eigenvalue weighted by atomic mass is 10.2. The van der Waals surface area contributed by atoms with Gasteiger partial charge in [0.1, 0.15) is 5.52 Å². The Morgan fingerprint density at radius 2 is 1.64 bits per heavy atom. The number of carboxylic acid groups (broad SMARTS) is 1. The van der Waals surface area contributed by atoms with E-state index in [0.29, 0.717) is 33.2 Å². The van der Waals surface area contributed by atoms with Crippen molar-refractivity contribution < 1.29 is 9.90 Å². The summed E-state index contributed by atoms with van der Waals surface area (Å²) >= 11 is 13.6. The van der Waals surface area contributed by atoms with E-state index in [-0.39, 0.29) is 5.75 Å². The minimum Gasteiger partial charge on any atom is -0.481 e. The molecule has 1 N–H and O–H groups in total. The van der Waals surface area contributed by atoms with E-state index >= 15 is 0 Å². The van der Waals surface area contributed by atoms with Crippen LogP contribution in [0.15, 0.2) is 71.9 Å². The predicted octanol–water partition coefficient (Wildman–Crippen LogP) is 5.85. The molecule has 0 fully saturated rings. The molecule has 0 amide bonds. The van der Waals surface area contributed by atoms with Gasteiger partial charge < -0.3 is 9.67 Å². The third kappa shape index (κ3) is 4.05. The first-order valence-corrected chi connectivity index (χ1v) is 12.6. The molecule has 3 aromatic heterocycles. The van der Waals surface area contributed by atoms with E-state index < -0.39 is 5.97 Å². The van der Waals surface area contributed by atoms with E-state index in [1.807, 2.05) is 63.7 Å². The van der Waals surface area contributed by atoms with Crippen molar-refractivity contribution in [2.75, 3.05) is 5.75 Å². The topological polar surface area (TPSA) is 98.7 Å². The van der Waals surface area contributed by atoms with Crippen LogP contribution in [-0.2, 0) is 11.3 Å². The molecule has 6 rings (SSSR count). The summed E-state index contributed by atoms with van der Waals surface area (Å²) in [6.07, 6.45) is 0. The van der Waals surface area contributed by atoms with Crippen LogP contribution in [0.2, 0.25) is 10.0 Å². The Balaban J connectivity index is 1.56. The largest absolute Gasteiger partial charge is 0.481 e. The Labute approximate surface area is 218 Å². The lowest BCUT2D eigenvalue weighted by Gasteiger charge is -2.12. The lowest BCUT2D eigenvalue weighted by molar-refractivity contribution is -0.133. The van der Waals surface area contributed by atoms with Crippen molar-refractivity contribution in [3.63, 3.8) is 0 Å². The van der Waals surface area contributed by atoms with Gasteiger partial charge in [-0.2, -0.15) is 0 Å². The summed E-state index contributed by atoms with van der Waals surface area (Å²) in [5.74, 6) is -0.473. The van der Waals surface area contributed by atoms with Gasteiger partial charge in [-0.05, 0) is 54.6 Å². The molecule has 3 aromatic carbocycles. The van der Waals surface area contributed by atoms with E-state index in [1.54, 1.807) is 12.1 Å². The number of thioether (sulfide) groups is 1. The number of fused-ring (bicyclic) bond motifs is 4. The highest BCUT2D eigenvalue weighted by Gasteiger charge is 2.20. The van der Waals surface area contributed by atoms with Crippen molar-refractivity contribution in [3.05, 3.63) is 82.6 Å². The molecule has 3 heterocycles. The van der Waals surface area contributed by atoms with Crippen molar-refractivity contribution in [1.82, 2.24) is 29.3 Å². The van der Waals surface area contributed by atoms with Crippen LogP contribution in [0.1, 0.15) is 5.82 Å². The number of carbonyl (C=O) groups is 1. The van der Waals surface area contributed by atoms with Crippen LogP contribution in [-0.4, -0.2) is 46.1 Å². The Hall–Kier alpha value is -3.66. The zero-order valence-electron chi connectivity index (χ0n) is 18.5. The fourth-order valence-corrected chi connectivity index (χ4v) is 5.17. The molecule has 0 aliphatic rings. The summed E-state index contributed by atoms with van der Waals surface area (Å²) in [4.78, 5) is 21.0. The van der Waals surface area contributed by atoms with Crippen molar-refractivity contribution in [2.45, 2.75) is 11.7 Å². The van der Waals surface area contributed by atoms with Crippen LogP contribution in [0.25, 0.3) is 38.8 Å². The molecule has 0 atom stereocenters. The van der Waals surface area contributed by atoms with Crippen molar-refractivity contribution >= 4 is 74.0 Å². The second-order valence-electron chi connectivity index (χ2n) is 8.03. The maximum atomic E-state index is 11.2. The monoisotopic (exact) mass is 534 g/mol. The molecule has 6 aromatic rings. The number of aromatic nitrogens is 6. The first kappa shape index (κ1) is 22.8. The molecular weight excluding hydrogens is 519 g/mol. The molecule has 0 saturated carbocycles. The fraction of sp³-hybridized carbons (Fsp3) is 0.0800. The number of hydrogen-bond donors (Lipinski definition) is 1. The molecule has 36 heavy (non-hydrogen) atoms. The number of benzene rings is 3. The summed E-state index contributed by atoms with van der Waals surface area (Å²) in [5, 5.41) is 20.5. The van der Waals surface area contributed by atoms with E-state index in [2.05, 4.69) is 10.2 Å². The summed E-state index contributed by atoms with van der Waals surface area (Å²) < 4.78 is 3.87. The van der Waals surface area contributed by atoms with Gasteiger partial charge in [-0.3, -0.25) is 9.36 Å². The molecule has 0 spiro atoms. The van der Waals surface area contributed by atoms with Gasteiger partial charge in [-0.15, -0.1) is 10.2 Å². The second-order valence-corrected chi connectivity index (χ2v) is 9.84. The van der Waals surface area contributed by atoms with E-state index in [9.17, 15) is 9.90 Å². The van der Waals surface area contributed by atoms with E-state index in [0.717, 1.165) is 44.9 Å². The number of halogens is 2. The van der Waals surface area contributed by atoms with Crippen LogP contribution in [0.4, 0.5) is 0 Å². The van der Waals surface area contributed by atoms with Crippen LogP contribution in [0.5, 0.6) is 0 Å². The number of nitrogens with zero attached hydrogens (tertiary/aromatic N) is 6. The standard InChI is InChI=1S/C25H16Cl2N6O2S/c26-14-5-8-16(9-6-14)33-21(30-31-25(33)36-13-22(34)35)12-32-20-10-7-15(27)11-17(20)23-24(32)29-19-4-2-1-3-18(19)28-23/h1-11H,12-13H2,(H,34,35). The zero-order valence-corrected chi connectivity index (χ0v) is 20.8. The molecule has 8 nitrogen and oxygen atoms in total. The fourth-order valence-electron chi connectivity index (χ4n) is 4.18. The summed E-state index contributed by atoms with van der Waals surface area (Å²) in [7, 11) is 0. The SMILES string of the molecule is O=C(O)CSc1nnc(Cn2c3ccc(Cl)cc3c3nc4ccccc4nc32)n1-c1ccc(Cl)cc1. The maximum Gasteiger partial charge on any atom is 0.313 e. The van der Waals surface area contributed by atoms with Crippen LogP contribution in [0, 0.1) is 0 Å². The molecule has 178 valence electrons. The van der Waals surface area contributed by atoms with E-state index in [4.69, 9.17) is 33.2 Å². The first-order chi connectivity index (χ1) is 17.5. The predicted molar refractivity (Wildman–Crippen MR) is 141 cm³/mol. The third-order valence-electron chi connectivity index (χ3n) is 5.72. The maximum absolute atomic E-state index is 11.2. The molecule has 0 saturated heterocycles. The van der Waals surface area contributed by atoms with Crippen LogP contribution in [0.3, 0.4) is 0 Å². The highest BCUT2D eigenvalue weighted by atomic mass is 35.5. The molecular formula is C25H16Cl2N6O2S. The van der Waals surface area contributed by atoms with Gasteiger partial charge in [0.05, 0.1) is 28.8 Å². The highest BCUT2D eigenvalue weighted by molar-refractivity contribution is 7.99. The Bertz CT molecular complexity index is 1780. The number of rotatable bonds is 6.